The summed E-state index contributed by atoms with van der Waals surface area (Å²) in [4.78, 5) is 19.1. The minimum absolute atomic E-state index is 0.159. The molecule has 2 aromatic rings. The zero-order valence-corrected chi connectivity index (χ0v) is 16.2. The van der Waals surface area contributed by atoms with Crippen LogP contribution in [-0.2, 0) is 17.8 Å². The van der Waals surface area contributed by atoms with Gasteiger partial charge in [-0.05, 0) is 23.3 Å². The van der Waals surface area contributed by atoms with E-state index in [-0.39, 0.29) is 5.91 Å². The number of para-hydroxylation sites is 1. The molecule has 26 heavy (non-hydrogen) atoms. The number of piperazine rings is 1. The van der Waals surface area contributed by atoms with Gasteiger partial charge >= 0.3 is 0 Å². The largest absolute Gasteiger partial charge is 0.377 e. The molecular weight excluding hydrogens is 346 g/mol. The molecule has 0 radical (unpaired) electrons. The van der Waals surface area contributed by atoms with Crippen LogP contribution in [0.15, 0.2) is 48.5 Å². The Morgan fingerprint density at radius 1 is 0.962 bits per heavy atom. The average Bonchev–Trinajstić information content (AvgIpc) is 2.64. The van der Waals surface area contributed by atoms with Crippen molar-refractivity contribution < 1.29 is 4.79 Å². The Morgan fingerprint density at radius 2 is 1.58 bits per heavy atom. The Balaban J connectivity index is 1.55. The molecule has 0 unspecified atom stereocenters. The van der Waals surface area contributed by atoms with Crippen molar-refractivity contribution in [3.63, 3.8) is 0 Å². The van der Waals surface area contributed by atoms with Gasteiger partial charge in [0.1, 0.15) is 0 Å². The number of carbonyl (C=O) groups excluding carboxylic acids is 1. The van der Waals surface area contributed by atoms with E-state index in [1.807, 2.05) is 29.2 Å². The molecule has 1 aliphatic heterocycles. The summed E-state index contributed by atoms with van der Waals surface area (Å²) in [6, 6.07) is 16.1. The van der Waals surface area contributed by atoms with Gasteiger partial charge in [-0.2, -0.15) is 0 Å². The summed E-state index contributed by atoms with van der Waals surface area (Å²) in [5, 5.41) is 0.666. The molecule has 0 spiro atoms. The third kappa shape index (κ3) is 4.57. The topological polar surface area (TPSA) is 26.8 Å². The molecule has 4 nitrogen and oxygen atoms in total. The van der Waals surface area contributed by atoms with Crippen molar-refractivity contribution in [2.24, 2.45) is 0 Å². The molecule has 1 amide bonds. The van der Waals surface area contributed by atoms with Crippen LogP contribution in [0.5, 0.6) is 0 Å². The molecule has 1 aliphatic rings. The van der Waals surface area contributed by atoms with Gasteiger partial charge in [-0.3, -0.25) is 9.69 Å². The van der Waals surface area contributed by atoms with Gasteiger partial charge in [-0.15, -0.1) is 0 Å². The Labute approximate surface area is 161 Å². The van der Waals surface area contributed by atoms with Crippen LogP contribution >= 0.6 is 11.6 Å². The van der Waals surface area contributed by atoms with E-state index in [9.17, 15) is 4.79 Å². The summed E-state index contributed by atoms with van der Waals surface area (Å²) in [6.45, 7) is 4.26. The first-order valence-corrected chi connectivity index (χ1v) is 9.41. The van der Waals surface area contributed by atoms with E-state index in [1.54, 1.807) is 0 Å². The maximum atomic E-state index is 12.6. The normalized spacial score (nSPS) is 15.1. The van der Waals surface area contributed by atoms with Crippen molar-refractivity contribution in [2.75, 3.05) is 45.2 Å². The van der Waals surface area contributed by atoms with Gasteiger partial charge in [-0.1, -0.05) is 48.0 Å². The zero-order valence-electron chi connectivity index (χ0n) is 15.5. The second-order valence-corrected chi connectivity index (χ2v) is 7.36. The van der Waals surface area contributed by atoms with Crippen LogP contribution in [0, 0.1) is 0 Å². The summed E-state index contributed by atoms with van der Waals surface area (Å²) in [5.41, 5.74) is 3.49. The predicted molar refractivity (Wildman–Crippen MR) is 108 cm³/mol. The molecule has 0 bridgehead atoms. The number of halogens is 1. The number of benzene rings is 2. The van der Waals surface area contributed by atoms with Crippen molar-refractivity contribution in [2.45, 2.75) is 13.0 Å². The molecule has 0 aliphatic carbocycles. The molecule has 2 aromatic carbocycles. The van der Waals surface area contributed by atoms with Gasteiger partial charge in [-0.25, -0.2) is 0 Å². The van der Waals surface area contributed by atoms with E-state index >= 15 is 0 Å². The molecule has 1 saturated heterocycles. The zero-order chi connectivity index (χ0) is 18.5. The van der Waals surface area contributed by atoms with Crippen molar-refractivity contribution in [3.8, 4) is 0 Å². The van der Waals surface area contributed by atoms with E-state index in [0.29, 0.717) is 11.4 Å². The first-order valence-electron chi connectivity index (χ1n) is 9.03. The summed E-state index contributed by atoms with van der Waals surface area (Å²) in [6.07, 6.45) is 0.378. The number of hydrogen-bond acceptors (Lipinski definition) is 3. The maximum absolute atomic E-state index is 12.6. The highest BCUT2D eigenvalue weighted by molar-refractivity contribution is 6.31. The first-order chi connectivity index (χ1) is 12.5. The summed E-state index contributed by atoms with van der Waals surface area (Å²) in [5.74, 6) is 0.159. The predicted octanol–water partition coefficient (Wildman–Crippen LogP) is 3.29. The number of amides is 1. The molecule has 0 N–H and O–H groups in total. The lowest BCUT2D eigenvalue weighted by molar-refractivity contribution is -0.132. The monoisotopic (exact) mass is 371 g/mol. The Kier molecular flexibility index (Phi) is 6.17. The van der Waals surface area contributed by atoms with E-state index in [4.69, 9.17) is 11.6 Å². The van der Waals surface area contributed by atoms with Gasteiger partial charge in [0.25, 0.3) is 0 Å². The van der Waals surface area contributed by atoms with Gasteiger partial charge in [0, 0.05) is 57.5 Å². The van der Waals surface area contributed by atoms with Crippen LogP contribution in [0.3, 0.4) is 0 Å². The third-order valence-electron chi connectivity index (χ3n) is 4.89. The molecule has 5 heteroatoms. The third-order valence-corrected chi connectivity index (χ3v) is 5.26. The maximum Gasteiger partial charge on any atom is 0.227 e. The van der Waals surface area contributed by atoms with Crippen molar-refractivity contribution in [1.82, 2.24) is 9.80 Å². The molecule has 0 aromatic heterocycles. The van der Waals surface area contributed by atoms with Gasteiger partial charge in [0.15, 0.2) is 0 Å². The van der Waals surface area contributed by atoms with Crippen LogP contribution in [0.1, 0.15) is 11.1 Å². The SMILES string of the molecule is CN(C)c1ccccc1CN1CCN(C(=O)Cc2ccccc2Cl)CC1. The number of anilines is 1. The number of carbonyl (C=O) groups is 1. The quantitative estimate of drug-likeness (QED) is 0.806. The number of rotatable bonds is 5. The Bertz CT molecular complexity index is 754. The standard InChI is InChI=1S/C21H26ClN3O/c1-23(2)20-10-6-4-8-18(20)16-24-11-13-25(14-12-24)21(26)15-17-7-3-5-9-19(17)22/h3-10H,11-16H2,1-2H3. The fraction of sp³-hybridized carbons (Fsp3) is 0.381. The Hall–Kier alpha value is -2.04. The minimum atomic E-state index is 0.159. The second kappa shape index (κ2) is 8.56. The van der Waals surface area contributed by atoms with E-state index in [2.05, 4.69) is 48.2 Å². The van der Waals surface area contributed by atoms with E-state index in [1.165, 1.54) is 11.3 Å². The molecule has 3 rings (SSSR count). The van der Waals surface area contributed by atoms with E-state index < -0.39 is 0 Å². The van der Waals surface area contributed by atoms with Crippen LogP contribution in [0.2, 0.25) is 5.02 Å². The molecule has 0 saturated carbocycles. The lowest BCUT2D eigenvalue weighted by atomic mass is 10.1. The molecule has 138 valence electrons. The fourth-order valence-corrected chi connectivity index (χ4v) is 3.60. The van der Waals surface area contributed by atoms with Gasteiger partial charge < -0.3 is 9.80 Å². The molecule has 1 fully saturated rings. The smallest absolute Gasteiger partial charge is 0.227 e. The van der Waals surface area contributed by atoms with Crippen molar-refractivity contribution in [3.05, 3.63) is 64.7 Å². The molecular formula is C21H26ClN3O. The van der Waals surface area contributed by atoms with E-state index in [0.717, 1.165) is 38.3 Å². The first kappa shape index (κ1) is 18.7. The highest BCUT2D eigenvalue weighted by Gasteiger charge is 2.22. The molecule has 0 atom stereocenters. The van der Waals surface area contributed by atoms with Gasteiger partial charge in [0.2, 0.25) is 5.91 Å². The fourth-order valence-electron chi connectivity index (χ4n) is 3.39. The minimum Gasteiger partial charge on any atom is -0.377 e. The number of nitrogens with zero attached hydrogens (tertiary/aromatic N) is 3. The van der Waals surface area contributed by atoms with Crippen LogP contribution < -0.4 is 4.90 Å². The number of hydrogen-bond donors (Lipinski definition) is 0. The van der Waals surface area contributed by atoms with Crippen molar-refractivity contribution >= 4 is 23.2 Å². The average molecular weight is 372 g/mol. The lowest BCUT2D eigenvalue weighted by Crippen LogP contribution is -2.48. The summed E-state index contributed by atoms with van der Waals surface area (Å²) >= 11 is 6.18. The van der Waals surface area contributed by atoms with Crippen LogP contribution in [0.25, 0.3) is 0 Å². The lowest BCUT2D eigenvalue weighted by Gasteiger charge is -2.35. The summed E-state index contributed by atoms with van der Waals surface area (Å²) in [7, 11) is 4.15. The van der Waals surface area contributed by atoms with Crippen LogP contribution in [-0.4, -0.2) is 56.0 Å². The highest BCUT2D eigenvalue weighted by Crippen LogP contribution is 2.21. The molecule has 1 heterocycles. The van der Waals surface area contributed by atoms with Gasteiger partial charge in [0.05, 0.1) is 6.42 Å². The Morgan fingerprint density at radius 3 is 2.23 bits per heavy atom. The second-order valence-electron chi connectivity index (χ2n) is 6.95. The van der Waals surface area contributed by atoms with Crippen LogP contribution in [0.4, 0.5) is 5.69 Å². The van der Waals surface area contributed by atoms with Crippen molar-refractivity contribution in [1.29, 1.82) is 0 Å². The summed E-state index contributed by atoms with van der Waals surface area (Å²) < 4.78 is 0. The highest BCUT2D eigenvalue weighted by atomic mass is 35.5.